The van der Waals surface area contributed by atoms with Crippen molar-refractivity contribution in [3.63, 3.8) is 0 Å². The summed E-state index contributed by atoms with van der Waals surface area (Å²) in [5.74, 6) is 0. The average molecular weight is 182 g/mol. The van der Waals surface area contributed by atoms with Crippen LogP contribution in [0, 0.1) is 0 Å². The highest BCUT2D eigenvalue weighted by atomic mass is 31.1. The van der Waals surface area contributed by atoms with Crippen LogP contribution in [0.4, 0.5) is 0 Å². The summed E-state index contributed by atoms with van der Waals surface area (Å²) in [4.78, 5) is 8.24. The van der Waals surface area contributed by atoms with Crippen LogP contribution in [-0.2, 0) is 9.09 Å². The van der Waals surface area contributed by atoms with Gasteiger partial charge in [-0.15, -0.1) is 0 Å². The molecule has 5 heteroatoms. The van der Waals surface area contributed by atoms with Gasteiger partial charge in [0.05, 0.1) is 6.61 Å². The Morgan fingerprint density at radius 2 is 1.82 bits per heavy atom. The number of aliphatic hydroxyl groups excluding tert-OH is 1. The second-order valence-electron chi connectivity index (χ2n) is 2.25. The molecule has 0 aliphatic rings. The fourth-order valence-corrected chi connectivity index (χ4v) is 1.05. The molecule has 0 aliphatic heterocycles. The van der Waals surface area contributed by atoms with Gasteiger partial charge in [0.2, 0.25) is 0 Å². The molecule has 0 aromatic carbocycles. The zero-order valence-electron chi connectivity index (χ0n) is 6.45. The van der Waals surface area contributed by atoms with E-state index in [1.165, 1.54) is 0 Å². The van der Waals surface area contributed by atoms with Crippen LogP contribution in [0.3, 0.4) is 0 Å². The molecule has 0 saturated heterocycles. The van der Waals surface area contributed by atoms with Crippen molar-refractivity contribution >= 4 is 8.25 Å². The Balaban J connectivity index is 2.85. The van der Waals surface area contributed by atoms with Crippen molar-refractivity contribution in [3.05, 3.63) is 0 Å². The maximum absolute atomic E-state index is 10.0. The van der Waals surface area contributed by atoms with Crippen molar-refractivity contribution in [2.75, 3.05) is 13.2 Å². The van der Waals surface area contributed by atoms with Crippen molar-refractivity contribution in [2.45, 2.75) is 25.7 Å². The van der Waals surface area contributed by atoms with Crippen LogP contribution in [0.1, 0.15) is 25.7 Å². The minimum atomic E-state index is -2.73. The Morgan fingerprint density at radius 3 is 2.36 bits per heavy atom. The summed E-state index contributed by atoms with van der Waals surface area (Å²) in [5, 5.41) is 8.39. The summed E-state index contributed by atoms with van der Waals surface area (Å²) in [6, 6.07) is 0. The number of rotatable bonds is 7. The molecule has 0 rings (SSSR count). The third kappa shape index (κ3) is 10.1. The van der Waals surface area contributed by atoms with E-state index in [4.69, 9.17) is 10.00 Å². The van der Waals surface area contributed by atoms with E-state index in [1.54, 1.807) is 0 Å². The molecule has 0 heterocycles. The third-order valence-electron chi connectivity index (χ3n) is 1.28. The van der Waals surface area contributed by atoms with E-state index < -0.39 is 8.25 Å². The minimum absolute atomic E-state index is 0.220. The number of hydrogen-bond acceptors (Lipinski definition) is 3. The molecule has 1 atom stereocenters. The van der Waals surface area contributed by atoms with Crippen LogP contribution in [0.5, 0.6) is 0 Å². The highest BCUT2D eigenvalue weighted by Crippen LogP contribution is 2.15. The van der Waals surface area contributed by atoms with E-state index >= 15 is 0 Å². The van der Waals surface area contributed by atoms with Crippen molar-refractivity contribution in [3.8, 4) is 0 Å². The fourth-order valence-electron chi connectivity index (χ4n) is 0.727. The molecule has 0 amide bonds. The van der Waals surface area contributed by atoms with Gasteiger partial charge < -0.3 is 14.5 Å². The van der Waals surface area contributed by atoms with Gasteiger partial charge in [-0.25, -0.2) is 0 Å². The SMILES string of the molecule is O=[PH](O)OCCCCCCO. The van der Waals surface area contributed by atoms with Gasteiger partial charge in [-0.3, -0.25) is 4.57 Å². The number of hydrogen-bond donors (Lipinski definition) is 2. The van der Waals surface area contributed by atoms with E-state index in [9.17, 15) is 4.57 Å². The van der Waals surface area contributed by atoms with Gasteiger partial charge in [-0.05, 0) is 12.8 Å². The Kier molecular flexibility index (Phi) is 8.29. The van der Waals surface area contributed by atoms with Crippen LogP contribution in [0.25, 0.3) is 0 Å². The van der Waals surface area contributed by atoms with Crippen LogP contribution < -0.4 is 0 Å². The lowest BCUT2D eigenvalue weighted by atomic mass is 10.2. The van der Waals surface area contributed by atoms with Gasteiger partial charge in [0.1, 0.15) is 0 Å². The fraction of sp³-hybridized carbons (Fsp3) is 1.00. The monoisotopic (exact) mass is 182 g/mol. The maximum Gasteiger partial charge on any atom is 0.316 e. The lowest BCUT2D eigenvalue weighted by molar-refractivity contribution is 0.262. The summed E-state index contributed by atoms with van der Waals surface area (Å²) in [6.45, 7) is 0.567. The Labute approximate surface area is 67.1 Å². The zero-order valence-corrected chi connectivity index (χ0v) is 7.45. The molecule has 0 aromatic rings. The van der Waals surface area contributed by atoms with Gasteiger partial charge in [-0.1, -0.05) is 12.8 Å². The van der Waals surface area contributed by atoms with Crippen molar-refractivity contribution in [1.82, 2.24) is 0 Å². The lowest BCUT2D eigenvalue weighted by Crippen LogP contribution is -1.88. The maximum atomic E-state index is 10.0. The highest BCUT2D eigenvalue weighted by molar-refractivity contribution is 7.32. The second kappa shape index (κ2) is 8.21. The standard InChI is InChI=1S/C6H15O4P/c7-5-3-1-2-4-6-10-11(8)9/h7,11H,1-6H2,(H,8,9). The quantitative estimate of drug-likeness (QED) is 0.454. The average Bonchev–Trinajstić information content (AvgIpc) is 1.96. The predicted octanol–water partition coefficient (Wildman–Crippen LogP) is 0.938. The van der Waals surface area contributed by atoms with Gasteiger partial charge >= 0.3 is 8.25 Å². The Hall–Kier alpha value is 0.110. The van der Waals surface area contributed by atoms with E-state index in [1.807, 2.05) is 0 Å². The molecule has 2 N–H and O–H groups in total. The van der Waals surface area contributed by atoms with E-state index in [2.05, 4.69) is 4.52 Å². The number of unbranched alkanes of at least 4 members (excludes halogenated alkanes) is 3. The van der Waals surface area contributed by atoms with Crippen molar-refractivity contribution in [2.24, 2.45) is 0 Å². The molecule has 0 saturated carbocycles. The van der Waals surface area contributed by atoms with Crippen LogP contribution >= 0.6 is 8.25 Å². The first-order chi connectivity index (χ1) is 5.27. The zero-order chi connectivity index (χ0) is 8.53. The van der Waals surface area contributed by atoms with Crippen LogP contribution in [-0.4, -0.2) is 23.2 Å². The van der Waals surface area contributed by atoms with E-state index in [0.717, 1.165) is 25.7 Å². The Bertz CT molecular complexity index is 107. The lowest BCUT2D eigenvalue weighted by Gasteiger charge is -1.98. The topological polar surface area (TPSA) is 66.8 Å². The minimum Gasteiger partial charge on any atom is -0.396 e. The van der Waals surface area contributed by atoms with Gasteiger partial charge in [-0.2, -0.15) is 0 Å². The summed E-state index contributed by atoms with van der Waals surface area (Å²) >= 11 is 0. The summed E-state index contributed by atoms with van der Waals surface area (Å²) < 4.78 is 14.5. The van der Waals surface area contributed by atoms with Crippen molar-refractivity contribution in [1.29, 1.82) is 0 Å². The molecule has 0 fully saturated rings. The molecule has 0 aromatic heterocycles. The second-order valence-corrected chi connectivity index (χ2v) is 3.07. The molecule has 0 spiro atoms. The number of aliphatic hydroxyl groups is 1. The largest absolute Gasteiger partial charge is 0.396 e. The van der Waals surface area contributed by atoms with Gasteiger partial charge in [0.15, 0.2) is 0 Å². The molecule has 4 nitrogen and oxygen atoms in total. The van der Waals surface area contributed by atoms with E-state index in [0.29, 0.717) is 6.61 Å². The predicted molar refractivity (Wildman–Crippen MR) is 42.7 cm³/mol. The van der Waals surface area contributed by atoms with Crippen LogP contribution in [0.15, 0.2) is 0 Å². The normalized spacial score (nSPS) is 13.3. The molecule has 11 heavy (non-hydrogen) atoms. The van der Waals surface area contributed by atoms with Gasteiger partial charge in [0, 0.05) is 6.61 Å². The Morgan fingerprint density at radius 1 is 1.18 bits per heavy atom. The first-order valence-corrected chi connectivity index (χ1v) is 5.00. The molecular weight excluding hydrogens is 167 g/mol. The molecule has 0 bridgehead atoms. The summed E-state index contributed by atoms with van der Waals surface area (Å²) in [7, 11) is -2.73. The molecule has 0 aliphatic carbocycles. The third-order valence-corrected chi connectivity index (χ3v) is 1.73. The molecule has 0 radical (unpaired) electrons. The van der Waals surface area contributed by atoms with Crippen molar-refractivity contribution < 1.29 is 19.1 Å². The van der Waals surface area contributed by atoms with Crippen LogP contribution in [0.2, 0.25) is 0 Å². The molecule has 68 valence electrons. The highest BCUT2D eigenvalue weighted by Gasteiger charge is 1.92. The molecular formula is C6H15O4P. The summed E-state index contributed by atoms with van der Waals surface area (Å²) in [5.41, 5.74) is 0. The van der Waals surface area contributed by atoms with E-state index in [-0.39, 0.29) is 6.61 Å². The molecule has 1 unspecified atom stereocenters. The summed E-state index contributed by atoms with van der Waals surface area (Å²) in [6.07, 6.45) is 3.48. The van der Waals surface area contributed by atoms with Gasteiger partial charge in [0.25, 0.3) is 0 Å². The smallest absolute Gasteiger partial charge is 0.316 e. The first kappa shape index (κ1) is 11.1. The first-order valence-electron chi connectivity index (χ1n) is 3.74.